The lowest BCUT2D eigenvalue weighted by atomic mass is 10.0. The maximum absolute atomic E-state index is 12.3. The van der Waals surface area contributed by atoms with Crippen LogP contribution >= 0.6 is 11.3 Å². The number of ether oxygens (including phenoxy) is 1. The van der Waals surface area contributed by atoms with E-state index in [4.69, 9.17) is 4.74 Å². The number of nitrogens with one attached hydrogen (secondary N) is 1. The fourth-order valence-corrected chi connectivity index (χ4v) is 3.49. The Morgan fingerprint density at radius 2 is 2.12 bits per heavy atom. The molecule has 0 aliphatic heterocycles. The number of alkyl carbamates (subject to hydrolysis) is 1. The first kappa shape index (κ1) is 18.1. The van der Waals surface area contributed by atoms with E-state index in [1.54, 1.807) is 5.51 Å². The molecule has 0 spiro atoms. The number of rotatable bonds is 8. The van der Waals surface area contributed by atoms with Crippen LogP contribution in [-0.4, -0.2) is 29.4 Å². The third-order valence-electron chi connectivity index (χ3n) is 4.38. The molecule has 1 aromatic heterocycles. The van der Waals surface area contributed by atoms with Crippen molar-refractivity contribution in [2.75, 3.05) is 13.2 Å². The summed E-state index contributed by atoms with van der Waals surface area (Å²) in [5.74, 6) is 0. The second-order valence-corrected chi connectivity index (χ2v) is 7.25. The summed E-state index contributed by atoms with van der Waals surface area (Å²) in [6.07, 6.45) is 0.910. The van der Waals surface area contributed by atoms with Crippen LogP contribution in [-0.2, 0) is 9.57 Å². The van der Waals surface area contributed by atoms with E-state index in [0.717, 1.165) is 29.0 Å². The largest absolute Gasteiger partial charge is 0.449 e. The highest BCUT2D eigenvalue weighted by Gasteiger charge is 2.45. The maximum atomic E-state index is 12.3. The third kappa shape index (κ3) is 4.48. The van der Waals surface area contributed by atoms with Gasteiger partial charge in [0.05, 0.1) is 22.1 Å². The SMILES string of the molecule is Cc1ncsc1C(NC(=O)OCC1(CO[N+](=O)[O-])CC1)c1ccccc1. The normalized spacial score (nSPS) is 15.7. The first-order valence-corrected chi connectivity index (χ1v) is 9.03. The molecule has 1 aliphatic carbocycles. The van der Waals surface area contributed by atoms with Crippen LogP contribution in [0.5, 0.6) is 0 Å². The Bertz CT molecular complexity index is 776. The van der Waals surface area contributed by atoms with Crippen LogP contribution in [0.15, 0.2) is 35.8 Å². The average molecular weight is 377 g/mol. The first-order chi connectivity index (χ1) is 12.5. The summed E-state index contributed by atoms with van der Waals surface area (Å²) < 4.78 is 5.32. The van der Waals surface area contributed by atoms with Crippen molar-refractivity contribution in [3.05, 3.63) is 62.1 Å². The minimum absolute atomic E-state index is 0.0522. The van der Waals surface area contributed by atoms with Gasteiger partial charge in [0.25, 0.3) is 5.09 Å². The minimum Gasteiger partial charge on any atom is -0.449 e. The number of benzene rings is 1. The molecule has 1 heterocycles. The predicted molar refractivity (Wildman–Crippen MR) is 94.2 cm³/mol. The van der Waals surface area contributed by atoms with Gasteiger partial charge in [-0.3, -0.25) is 0 Å². The standard InChI is InChI=1S/C17H19N3O5S/c1-12-15(26-11-18-12)14(13-5-3-2-4-6-13)19-16(21)24-9-17(7-8-17)10-25-20(22)23/h2-6,11,14H,7-10H2,1H3,(H,19,21). The molecule has 0 saturated heterocycles. The molecule has 1 aromatic carbocycles. The van der Waals surface area contributed by atoms with E-state index in [2.05, 4.69) is 15.1 Å². The molecule has 9 heteroatoms. The Hall–Kier alpha value is -2.68. The summed E-state index contributed by atoms with van der Waals surface area (Å²) in [4.78, 5) is 32.3. The Balaban J connectivity index is 1.63. The lowest BCUT2D eigenvalue weighted by Crippen LogP contribution is -2.32. The van der Waals surface area contributed by atoms with Crippen molar-refractivity contribution in [3.8, 4) is 0 Å². The fraction of sp³-hybridized carbons (Fsp3) is 0.412. The lowest BCUT2D eigenvalue weighted by Gasteiger charge is -2.20. The molecule has 3 rings (SSSR count). The van der Waals surface area contributed by atoms with Crippen molar-refractivity contribution < 1.29 is 19.5 Å². The number of aryl methyl sites for hydroxylation is 1. The van der Waals surface area contributed by atoms with Gasteiger partial charge in [0.15, 0.2) is 0 Å². The zero-order valence-electron chi connectivity index (χ0n) is 14.2. The topological polar surface area (TPSA) is 104 Å². The molecule has 1 fully saturated rings. The molecule has 0 radical (unpaired) electrons. The number of amides is 1. The van der Waals surface area contributed by atoms with E-state index >= 15 is 0 Å². The van der Waals surface area contributed by atoms with E-state index < -0.39 is 16.6 Å². The van der Waals surface area contributed by atoms with Gasteiger partial charge < -0.3 is 14.9 Å². The van der Waals surface area contributed by atoms with Gasteiger partial charge in [-0.05, 0) is 25.3 Å². The number of thiazole rings is 1. The molecule has 1 N–H and O–H groups in total. The summed E-state index contributed by atoms with van der Waals surface area (Å²) in [6.45, 7) is 1.93. The van der Waals surface area contributed by atoms with Gasteiger partial charge in [-0.25, -0.2) is 9.78 Å². The molecule has 0 bridgehead atoms. The van der Waals surface area contributed by atoms with Crippen molar-refractivity contribution in [1.82, 2.24) is 10.3 Å². The molecule has 1 aliphatic rings. The van der Waals surface area contributed by atoms with Crippen LogP contribution in [0.4, 0.5) is 4.79 Å². The van der Waals surface area contributed by atoms with Crippen molar-refractivity contribution in [2.45, 2.75) is 25.8 Å². The monoisotopic (exact) mass is 377 g/mol. The molecule has 26 heavy (non-hydrogen) atoms. The number of hydrogen-bond acceptors (Lipinski definition) is 7. The molecule has 1 saturated carbocycles. The number of nitrogens with zero attached hydrogens (tertiary/aromatic N) is 2. The van der Waals surface area contributed by atoms with Crippen molar-refractivity contribution in [2.24, 2.45) is 5.41 Å². The highest BCUT2D eigenvalue weighted by atomic mass is 32.1. The second-order valence-electron chi connectivity index (χ2n) is 6.36. The molecule has 138 valence electrons. The number of aromatic nitrogens is 1. The molecular formula is C17H19N3O5S. The average Bonchev–Trinajstić information content (AvgIpc) is 3.30. The van der Waals surface area contributed by atoms with Crippen molar-refractivity contribution in [1.29, 1.82) is 0 Å². The zero-order chi connectivity index (χ0) is 18.6. The summed E-state index contributed by atoms with van der Waals surface area (Å²) in [5, 5.41) is 12.4. The minimum atomic E-state index is -0.821. The van der Waals surface area contributed by atoms with Crippen LogP contribution in [0.2, 0.25) is 0 Å². The Kier molecular flexibility index (Phi) is 5.36. The fourth-order valence-electron chi connectivity index (χ4n) is 2.61. The molecule has 1 amide bonds. The third-order valence-corrected chi connectivity index (χ3v) is 5.38. The van der Waals surface area contributed by atoms with Crippen LogP contribution in [0, 0.1) is 22.5 Å². The first-order valence-electron chi connectivity index (χ1n) is 8.15. The van der Waals surface area contributed by atoms with Gasteiger partial charge in [0.2, 0.25) is 0 Å². The molecular weight excluding hydrogens is 358 g/mol. The Morgan fingerprint density at radius 1 is 1.38 bits per heavy atom. The molecule has 2 aromatic rings. The van der Waals surface area contributed by atoms with Crippen molar-refractivity contribution in [3.63, 3.8) is 0 Å². The van der Waals surface area contributed by atoms with Crippen LogP contribution in [0.25, 0.3) is 0 Å². The number of carbonyl (C=O) groups excluding carboxylic acids is 1. The summed E-state index contributed by atoms with van der Waals surface area (Å²) in [5.41, 5.74) is 3.08. The lowest BCUT2D eigenvalue weighted by molar-refractivity contribution is -0.760. The maximum Gasteiger partial charge on any atom is 0.407 e. The van der Waals surface area contributed by atoms with E-state index in [0.29, 0.717) is 0 Å². The second kappa shape index (κ2) is 7.69. The predicted octanol–water partition coefficient (Wildman–Crippen LogP) is 3.26. The van der Waals surface area contributed by atoms with Crippen molar-refractivity contribution >= 4 is 17.4 Å². The van der Waals surface area contributed by atoms with Gasteiger partial charge in [-0.15, -0.1) is 21.5 Å². The van der Waals surface area contributed by atoms with Gasteiger partial charge in [0.1, 0.15) is 13.2 Å². The molecule has 1 unspecified atom stereocenters. The van der Waals surface area contributed by atoms with Gasteiger partial charge in [-0.1, -0.05) is 30.3 Å². The van der Waals surface area contributed by atoms with Crippen LogP contribution in [0.3, 0.4) is 0 Å². The number of hydrogen-bond donors (Lipinski definition) is 1. The quantitative estimate of drug-likeness (QED) is 0.559. The highest BCUT2D eigenvalue weighted by Crippen LogP contribution is 2.46. The number of carbonyl (C=O) groups is 1. The summed E-state index contributed by atoms with van der Waals surface area (Å²) >= 11 is 1.47. The summed E-state index contributed by atoms with van der Waals surface area (Å²) in [6, 6.07) is 9.21. The Labute approximate surface area is 154 Å². The van der Waals surface area contributed by atoms with Crippen LogP contribution in [0.1, 0.15) is 35.0 Å². The smallest absolute Gasteiger partial charge is 0.407 e. The Morgan fingerprint density at radius 3 is 2.69 bits per heavy atom. The van der Waals surface area contributed by atoms with E-state index in [1.807, 2.05) is 37.3 Å². The molecule has 8 nitrogen and oxygen atoms in total. The highest BCUT2D eigenvalue weighted by molar-refractivity contribution is 7.09. The van der Waals surface area contributed by atoms with Gasteiger partial charge in [-0.2, -0.15) is 0 Å². The van der Waals surface area contributed by atoms with Crippen LogP contribution < -0.4 is 5.32 Å². The zero-order valence-corrected chi connectivity index (χ0v) is 15.0. The van der Waals surface area contributed by atoms with Gasteiger partial charge >= 0.3 is 6.09 Å². The van der Waals surface area contributed by atoms with E-state index in [1.165, 1.54) is 11.3 Å². The molecule has 1 atom stereocenters. The van der Waals surface area contributed by atoms with Gasteiger partial charge in [0, 0.05) is 5.41 Å². The van der Waals surface area contributed by atoms with E-state index in [9.17, 15) is 14.9 Å². The summed E-state index contributed by atoms with van der Waals surface area (Å²) in [7, 11) is 0. The van der Waals surface area contributed by atoms with E-state index in [-0.39, 0.29) is 19.3 Å².